The lowest BCUT2D eigenvalue weighted by Crippen LogP contribution is -2.48. The molecule has 2 rings (SSSR count). The molecule has 1 aromatic rings. The summed E-state index contributed by atoms with van der Waals surface area (Å²) >= 11 is 3.28. The topological polar surface area (TPSA) is 124 Å². The van der Waals surface area contributed by atoms with Crippen LogP contribution in [0.4, 0.5) is 13.2 Å². The summed E-state index contributed by atoms with van der Waals surface area (Å²) in [6, 6.07) is 6.36. The fourth-order valence-corrected chi connectivity index (χ4v) is 5.99. The summed E-state index contributed by atoms with van der Waals surface area (Å²) in [5.41, 5.74) is 0. The largest absolute Gasteiger partial charge is 0.490 e. The van der Waals surface area contributed by atoms with Crippen molar-refractivity contribution in [1.82, 2.24) is 13.9 Å². The van der Waals surface area contributed by atoms with Crippen LogP contribution >= 0.6 is 15.9 Å². The lowest BCUT2D eigenvalue weighted by molar-refractivity contribution is -0.192. The van der Waals surface area contributed by atoms with Crippen molar-refractivity contribution in [2.75, 3.05) is 45.0 Å². The number of nitrogens with zero attached hydrogens (tertiary/aromatic N) is 2. The second-order valence-electron chi connectivity index (χ2n) is 6.63. The highest BCUT2D eigenvalue weighted by atomic mass is 79.9. The number of benzene rings is 1. The van der Waals surface area contributed by atoms with E-state index in [4.69, 9.17) is 9.90 Å². The summed E-state index contributed by atoms with van der Waals surface area (Å²) < 4.78 is 85.8. The summed E-state index contributed by atoms with van der Waals surface area (Å²) in [5.74, 6) is -2.96. The third kappa shape index (κ3) is 8.94. The molecule has 9 nitrogen and oxygen atoms in total. The number of aliphatic carboxylic acids is 1. The van der Waals surface area contributed by atoms with Crippen LogP contribution in [0.25, 0.3) is 0 Å². The van der Waals surface area contributed by atoms with Crippen LogP contribution in [-0.2, 0) is 24.8 Å². The zero-order valence-electron chi connectivity index (χ0n) is 17.2. The first kappa shape index (κ1) is 28.8. The van der Waals surface area contributed by atoms with E-state index in [1.54, 1.807) is 12.1 Å². The molecule has 0 bridgehead atoms. The van der Waals surface area contributed by atoms with Gasteiger partial charge in [0.2, 0.25) is 20.0 Å². The van der Waals surface area contributed by atoms with Gasteiger partial charge in [-0.2, -0.15) is 21.8 Å². The summed E-state index contributed by atoms with van der Waals surface area (Å²) in [7, 11) is -7.18. The molecule has 0 saturated carbocycles. The Morgan fingerprint density at radius 1 is 1.12 bits per heavy atom. The van der Waals surface area contributed by atoms with E-state index in [1.165, 1.54) is 20.7 Å². The molecule has 0 amide bonds. The van der Waals surface area contributed by atoms with Crippen LogP contribution in [0.2, 0.25) is 0 Å². The Kier molecular flexibility index (Phi) is 11.0. The Morgan fingerprint density at radius 3 is 2.06 bits per heavy atom. The third-order valence-electron chi connectivity index (χ3n) is 4.23. The summed E-state index contributed by atoms with van der Waals surface area (Å²) in [6.45, 7) is 4.21. The molecule has 1 heterocycles. The van der Waals surface area contributed by atoms with Crippen molar-refractivity contribution in [2.45, 2.75) is 24.4 Å². The second-order valence-corrected chi connectivity index (χ2v) is 11.6. The number of halogens is 4. The standard InChI is InChI=1S/C15H24BrN3O4S2.C2HF3O2/c1-2-9-19(25(22,23)15-5-3-14(16)4-6-15)12-13-24(20,21)18-10-7-17-8-11-18;3-2(4,5)1(6)7/h3-6,17H,2,7-13H2,1H3;(H,6,7). The molecule has 32 heavy (non-hydrogen) atoms. The number of hydrogen-bond acceptors (Lipinski definition) is 6. The van der Waals surface area contributed by atoms with Gasteiger partial charge in [-0.3, -0.25) is 0 Å². The third-order valence-corrected chi connectivity index (χ3v) is 8.53. The Morgan fingerprint density at radius 2 is 1.62 bits per heavy atom. The molecule has 1 fully saturated rings. The molecule has 0 spiro atoms. The maximum atomic E-state index is 12.8. The first-order valence-corrected chi connectivity index (χ1v) is 13.3. The molecule has 0 radical (unpaired) electrons. The maximum Gasteiger partial charge on any atom is 0.490 e. The lowest BCUT2D eigenvalue weighted by atomic mass is 10.4. The van der Waals surface area contributed by atoms with Gasteiger partial charge in [-0.1, -0.05) is 22.9 Å². The average Bonchev–Trinajstić information content (AvgIpc) is 2.71. The molecule has 0 atom stereocenters. The quantitative estimate of drug-likeness (QED) is 0.490. The smallest absolute Gasteiger partial charge is 0.475 e. The first-order valence-electron chi connectivity index (χ1n) is 9.46. The Labute approximate surface area is 193 Å². The predicted molar refractivity (Wildman–Crippen MR) is 115 cm³/mol. The normalized spacial score (nSPS) is 15.8. The monoisotopic (exact) mass is 567 g/mol. The molecule has 2 N–H and O–H groups in total. The summed E-state index contributed by atoms with van der Waals surface area (Å²) in [4.78, 5) is 9.07. The van der Waals surface area contributed by atoms with Crippen LogP contribution in [0.1, 0.15) is 13.3 Å². The van der Waals surface area contributed by atoms with Crippen LogP contribution in [0.15, 0.2) is 33.6 Å². The van der Waals surface area contributed by atoms with E-state index in [0.717, 1.165) is 4.47 Å². The van der Waals surface area contributed by atoms with Crippen LogP contribution in [-0.4, -0.2) is 87.7 Å². The number of carbonyl (C=O) groups is 1. The minimum Gasteiger partial charge on any atom is -0.475 e. The molecule has 1 aromatic carbocycles. The molecule has 1 saturated heterocycles. The van der Waals surface area contributed by atoms with E-state index in [0.29, 0.717) is 32.6 Å². The number of piperazine rings is 1. The van der Waals surface area contributed by atoms with Gasteiger partial charge < -0.3 is 10.4 Å². The zero-order valence-corrected chi connectivity index (χ0v) is 20.4. The molecule has 1 aliphatic rings. The summed E-state index contributed by atoms with van der Waals surface area (Å²) in [6.07, 6.45) is -4.47. The van der Waals surface area contributed by atoms with E-state index >= 15 is 0 Å². The molecular weight excluding hydrogens is 543 g/mol. The van der Waals surface area contributed by atoms with Crippen molar-refractivity contribution in [3.63, 3.8) is 0 Å². The molecule has 0 unspecified atom stereocenters. The number of carboxylic acid groups (broad SMARTS) is 1. The Bertz CT molecular complexity index is 951. The van der Waals surface area contributed by atoms with Crippen molar-refractivity contribution in [2.24, 2.45) is 0 Å². The Hall–Kier alpha value is -1.26. The molecular formula is C17H25BrF3N3O6S2. The van der Waals surface area contributed by atoms with Gasteiger partial charge in [0.1, 0.15) is 0 Å². The van der Waals surface area contributed by atoms with E-state index < -0.39 is 32.2 Å². The lowest BCUT2D eigenvalue weighted by Gasteiger charge is -2.28. The fraction of sp³-hybridized carbons (Fsp3) is 0.588. The highest BCUT2D eigenvalue weighted by molar-refractivity contribution is 9.10. The van der Waals surface area contributed by atoms with Gasteiger partial charge in [0.15, 0.2) is 0 Å². The Balaban J connectivity index is 0.000000633. The predicted octanol–water partition coefficient (Wildman–Crippen LogP) is 1.72. The van der Waals surface area contributed by atoms with E-state index in [9.17, 15) is 30.0 Å². The van der Waals surface area contributed by atoms with Crippen LogP contribution < -0.4 is 5.32 Å². The minimum absolute atomic E-state index is 0.0432. The highest BCUT2D eigenvalue weighted by Crippen LogP contribution is 2.19. The minimum atomic E-state index is -5.08. The first-order chi connectivity index (χ1) is 14.7. The van der Waals surface area contributed by atoms with Crippen molar-refractivity contribution < 1.29 is 39.9 Å². The van der Waals surface area contributed by atoms with Gasteiger partial charge in [0, 0.05) is 43.7 Å². The second kappa shape index (κ2) is 12.3. The van der Waals surface area contributed by atoms with Crippen LogP contribution in [0.5, 0.6) is 0 Å². The van der Waals surface area contributed by atoms with Gasteiger partial charge in [-0.05, 0) is 30.7 Å². The van der Waals surface area contributed by atoms with E-state index in [1.807, 2.05) is 6.92 Å². The van der Waals surface area contributed by atoms with Crippen molar-refractivity contribution in [1.29, 1.82) is 0 Å². The van der Waals surface area contributed by atoms with Gasteiger partial charge >= 0.3 is 12.1 Å². The van der Waals surface area contributed by atoms with Crippen molar-refractivity contribution in [3.8, 4) is 0 Å². The van der Waals surface area contributed by atoms with E-state index in [-0.39, 0.29) is 23.7 Å². The van der Waals surface area contributed by atoms with Gasteiger partial charge in [0.05, 0.1) is 10.6 Å². The molecule has 1 aliphatic heterocycles. The van der Waals surface area contributed by atoms with Crippen LogP contribution in [0.3, 0.4) is 0 Å². The molecule has 0 aliphatic carbocycles. The number of alkyl halides is 3. The number of rotatable bonds is 8. The number of carboxylic acids is 1. The SMILES string of the molecule is CCCN(CCS(=O)(=O)N1CCNCC1)S(=O)(=O)c1ccc(Br)cc1.O=C(O)C(F)(F)F. The van der Waals surface area contributed by atoms with Crippen molar-refractivity contribution in [3.05, 3.63) is 28.7 Å². The summed E-state index contributed by atoms with van der Waals surface area (Å²) in [5, 5.41) is 10.2. The van der Waals surface area contributed by atoms with Gasteiger partial charge in [-0.25, -0.2) is 21.6 Å². The highest BCUT2D eigenvalue weighted by Gasteiger charge is 2.38. The number of sulfonamides is 2. The van der Waals surface area contributed by atoms with E-state index in [2.05, 4.69) is 21.2 Å². The van der Waals surface area contributed by atoms with Gasteiger partial charge in [0.25, 0.3) is 0 Å². The molecule has 184 valence electrons. The molecule has 15 heteroatoms. The van der Waals surface area contributed by atoms with Crippen LogP contribution in [0, 0.1) is 0 Å². The zero-order chi connectivity index (χ0) is 24.6. The average molecular weight is 568 g/mol. The molecule has 0 aromatic heterocycles. The van der Waals surface area contributed by atoms with Crippen molar-refractivity contribution >= 4 is 41.9 Å². The maximum absolute atomic E-state index is 12.8. The fourth-order valence-electron chi connectivity index (χ4n) is 2.63. The van der Waals surface area contributed by atoms with Gasteiger partial charge in [-0.15, -0.1) is 0 Å². The number of hydrogen-bond donors (Lipinski definition) is 2. The number of nitrogens with one attached hydrogen (secondary N) is 1.